The van der Waals surface area contributed by atoms with Gasteiger partial charge in [0.15, 0.2) is 11.6 Å². The first-order valence-electron chi connectivity index (χ1n) is 10.3. The van der Waals surface area contributed by atoms with Gasteiger partial charge in [-0.1, -0.05) is 45.0 Å². The molecule has 0 radical (unpaired) electrons. The third-order valence-electron chi connectivity index (χ3n) is 5.06. The second-order valence-electron chi connectivity index (χ2n) is 8.40. The van der Waals surface area contributed by atoms with Crippen molar-refractivity contribution in [2.24, 2.45) is 0 Å². The van der Waals surface area contributed by atoms with Gasteiger partial charge in [0.05, 0.1) is 11.8 Å². The lowest BCUT2D eigenvalue weighted by Crippen LogP contribution is -2.29. The Labute approximate surface area is 181 Å². The van der Waals surface area contributed by atoms with E-state index in [-0.39, 0.29) is 11.3 Å². The van der Waals surface area contributed by atoms with E-state index in [1.807, 2.05) is 60.7 Å². The van der Waals surface area contributed by atoms with Gasteiger partial charge in [0.1, 0.15) is 5.82 Å². The van der Waals surface area contributed by atoms with E-state index in [0.29, 0.717) is 36.1 Å². The van der Waals surface area contributed by atoms with Gasteiger partial charge >= 0.3 is 0 Å². The Kier molecular flexibility index (Phi) is 5.71. The van der Waals surface area contributed by atoms with Crippen LogP contribution < -0.4 is 10.6 Å². The predicted molar refractivity (Wildman–Crippen MR) is 123 cm³/mol. The largest absolute Gasteiger partial charge is 0.461 e. The molecule has 2 heterocycles. The average Bonchev–Trinajstić information content (AvgIpc) is 3.31. The third kappa shape index (κ3) is 4.74. The Morgan fingerprint density at radius 2 is 1.71 bits per heavy atom. The van der Waals surface area contributed by atoms with Crippen molar-refractivity contribution in [2.75, 3.05) is 18.4 Å². The van der Waals surface area contributed by atoms with E-state index in [1.54, 1.807) is 6.26 Å². The molecule has 6 heteroatoms. The van der Waals surface area contributed by atoms with Crippen molar-refractivity contribution in [3.63, 3.8) is 0 Å². The molecule has 0 aliphatic carbocycles. The number of nitrogens with one attached hydrogen (secondary N) is 2. The van der Waals surface area contributed by atoms with Crippen LogP contribution in [0.25, 0.3) is 22.5 Å². The summed E-state index contributed by atoms with van der Waals surface area (Å²) in [7, 11) is 0. The molecule has 0 spiro atoms. The smallest absolute Gasteiger partial charge is 0.251 e. The number of hydrogen-bond donors (Lipinski definition) is 2. The number of rotatable bonds is 6. The number of benzene rings is 2. The number of para-hydroxylation sites is 1. The number of nitrogens with zero attached hydrogens (tertiary/aromatic N) is 2. The van der Waals surface area contributed by atoms with E-state index in [2.05, 4.69) is 41.4 Å². The van der Waals surface area contributed by atoms with Crippen LogP contribution in [-0.2, 0) is 5.41 Å². The minimum absolute atomic E-state index is 0.0632. The van der Waals surface area contributed by atoms with Crippen molar-refractivity contribution in [1.29, 1.82) is 0 Å². The number of aromatic nitrogens is 2. The molecular weight excluding hydrogens is 388 g/mol. The third-order valence-corrected chi connectivity index (χ3v) is 5.06. The van der Waals surface area contributed by atoms with Crippen molar-refractivity contribution < 1.29 is 9.21 Å². The van der Waals surface area contributed by atoms with E-state index in [0.717, 1.165) is 10.9 Å². The molecule has 0 aliphatic heterocycles. The van der Waals surface area contributed by atoms with Crippen LogP contribution in [0, 0.1) is 0 Å². The SMILES string of the molecule is CC(C)(C)c1ccc(C(=O)NCCNc2nc(-c3ccco3)nc3ccccc23)cc1. The quantitative estimate of drug-likeness (QED) is 0.433. The molecular formula is C25H26N4O2. The average molecular weight is 415 g/mol. The minimum atomic E-state index is -0.0916. The molecule has 0 atom stereocenters. The van der Waals surface area contributed by atoms with Crippen molar-refractivity contribution in [3.05, 3.63) is 78.1 Å². The van der Waals surface area contributed by atoms with Gasteiger partial charge in [-0.25, -0.2) is 9.97 Å². The maximum Gasteiger partial charge on any atom is 0.251 e. The summed E-state index contributed by atoms with van der Waals surface area (Å²) in [5, 5.41) is 7.19. The summed E-state index contributed by atoms with van der Waals surface area (Å²) in [6.45, 7) is 7.46. The lowest BCUT2D eigenvalue weighted by molar-refractivity contribution is 0.0955. The number of carbonyl (C=O) groups excluding carboxylic acids is 1. The summed E-state index contributed by atoms with van der Waals surface area (Å²) in [6, 6.07) is 19.2. The van der Waals surface area contributed by atoms with E-state index in [9.17, 15) is 4.79 Å². The lowest BCUT2D eigenvalue weighted by atomic mass is 9.87. The van der Waals surface area contributed by atoms with Crippen molar-refractivity contribution in [3.8, 4) is 11.6 Å². The zero-order valence-corrected chi connectivity index (χ0v) is 18.0. The van der Waals surface area contributed by atoms with Crippen LogP contribution in [0.1, 0.15) is 36.7 Å². The summed E-state index contributed by atoms with van der Waals surface area (Å²) in [5.74, 6) is 1.75. The molecule has 4 rings (SSSR count). The molecule has 0 bridgehead atoms. The first-order valence-corrected chi connectivity index (χ1v) is 10.3. The molecule has 0 aliphatic rings. The van der Waals surface area contributed by atoms with Gasteiger partial charge in [-0.15, -0.1) is 0 Å². The lowest BCUT2D eigenvalue weighted by Gasteiger charge is -2.19. The Morgan fingerprint density at radius 1 is 0.935 bits per heavy atom. The number of anilines is 1. The Bertz CT molecular complexity index is 1180. The summed E-state index contributed by atoms with van der Waals surface area (Å²) in [5.41, 5.74) is 2.75. The predicted octanol–water partition coefficient (Wildman–Crippen LogP) is 5.03. The fraction of sp³-hybridized carbons (Fsp3) is 0.240. The molecule has 6 nitrogen and oxygen atoms in total. The van der Waals surface area contributed by atoms with Gasteiger partial charge < -0.3 is 15.1 Å². The van der Waals surface area contributed by atoms with Gasteiger partial charge in [-0.3, -0.25) is 4.79 Å². The molecule has 2 N–H and O–H groups in total. The van der Waals surface area contributed by atoms with E-state index >= 15 is 0 Å². The van der Waals surface area contributed by atoms with Crippen LogP contribution in [0.5, 0.6) is 0 Å². The summed E-state index contributed by atoms with van der Waals surface area (Å²) < 4.78 is 5.45. The molecule has 158 valence electrons. The molecule has 0 unspecified atom stereocenters. The molecule has 0 fully saturated rings. The zero-order valence-electron chi connectivity index (χ0n) is 18.0. The van der Waals surface area contributed by atoms with Crippen molar-refractivity contribution in [2.45, 2.75) is 26.2 Å². The summed E-state index contributed by atoms with van der Waals surface area (Å²) in [4.78, 5) is 21.7. The first kappa shape index (κ1) is 20.6. The highest BCUT2D eigenvalue weighted by Gasteiger charge is 2.14. The van der Waals surface area contributed by atoms with Crippen LogP contribution in [0.2, 0.25) is 0 Å². The highest BCUT2D eigenvalue weighted by molar-refractivity contribution is 5.94. The monoisotopic (exact) mass is 414 g/mol. The second-order valence-corrected chi connectivity index (χ2v) is 8.40. The maximum atomic E-state index is 12.5. The first-order chi connectivity index (χ1) is 14.9. The van der Waals surface area contributed by atoms with Crippen molar-refractivity contribution >= 4 is 22.6 Å². The number of amides is 1. The van der Waals surface area contributed by atoms with Crippen LogP contribution in [0.4, 0.5) is 5.82 Å². The maximum absolute atomic E-state index is 12.5. The Morgan fingerprint density at radius 3 is 2.42 bits per heavy atom. The fourth-order valence-electron chi connectivity index (χ4n) is 3.31. The highest BCUT2D eigenvalue weighted by atomic mass is 16.3. The summed E-state index contributed by atoms with van der Waals surface area (Å²) >= 11 is 0. The Balaban J connectivity index is 1.41. The van der Waals surface area contributed by atoms with E-state index in [4.69, 9.17) is 4.42 Å². The van der Waals surface area contributed by atoms with Gasteiger partial charge in [0, 0.05) is 24.0 Å². The fourth-order valence-corrected chi connectivity index (χ4v) is 3.31. The van der Waals surface area contributed by atoms with Gasteiger partial charge in [-0.2, -0.15) is 0 Å². The normalized spacial score (nSPS) is 11.5. The number of carbonyl (C=O) groups is 1. The van der Waals surface area contributed by atoms with Gasteiger partial charge in [0.2, 0.25) is 0 Å². The van der Waals surface area contributed by atoms with Crippen molar-refractivity contribution in [1.82, 2.24) is 15.3 Å². The summed E-state index contributed by atoms with van der Waals surface area (Å²) in [6.07, 6.45) is 1.60. The minimum Gasteiger partial charge on any atom is -0.461 e. The molecule has 2 aromatic carbocycles. The molecule has 0 saturated carbocycles. The molecule has 31 heavy (non-hydrogen) atoms. The van der Waals surface area contributed by atoms with Crippen LogP contribution in [0.3, 0.4) is 0 Å². The van der Waals surface area contributed by atoms with E-state index < -0.39 is 0 Å². The second kappa shape index (κ2) is 8.60. The zero-order chi connectivity index (χ0) is 21.8. The number of hydrogen-bond acceptors (Lipinski definition) is 5. The molecule has 2 aromatic heterocycles. The van der Waals surface area contributed by atoms with Crippen LogP contribution in [-0.4, -0.2) is 29.0 Å². The number of fused-ring (bicyclic) bond motifs is 1. The van der Waals surface area contributed by atoms with E-state index in [1.165, 1.54) is 5.56 Å². The van der Waals surface area contributed by atoms with Crippen LogP contribution >= 0.6 is 0 Å². The molecule has 0 saturated heterocycles. The number of furan rings is 1. The molecule has 1 amide bonds. The molecule has 4 aromatic rings. The van der Waals surface area contributed by atoms with Gasteiger partial charge in [0.25, 0.3) is 5.91 Å². The Hall–Kier alpha value is -3.67. The topological polar surface area (TPSA) is 80.0 Å². The van der Waals surface area contributed by atoms with Gasteiger partial charge in [-0.05, 0) is 47.4 Å². The standard InChI is InChI=1S/C25H26N4O2/c1-25(2,3)18-12-10-17(11-13-18)24(30)27-15-14-26-22-19-7-4-5-8-20(19)28-23(29-22)21-9-6-16-31-21/h4-13,16H,14-15H2,1-3H3,(H,27,30)(H,26,28,29). The highest BCUT2D eigenvalue weighted by Crippen LogP contribution is 2.25. The van der Waals surface area contributed by atoms with Crippen LogP contribution in [0.15, 0.2) is 71.3 Å².